The molecule has 0 unspecified atom stereocenters. The van der Waals surface area contributed by atoms with E-state index in [0.29, 0.717) is 34.5 Å². The van der Waals surface area contributed by atoms with E-state index in [1.165, 1.54) is 22.3 Å². The van der Waals surface area contributed by atoms with Crippen LogP contribution in [0.4, 0.5) is 15.2 Å². The molecule has 3 aromatic carbocycles. The van der Waals surface area contributed by atoms with Crippen molar-refractivity contribution in [2.75, 3.05) is 4.90 Å². The average molecular weight is 458 g/mol. The van der Waals surface area contributed by atoms with Gasteiger partial charge < -0.3 is 4.42 Å². The molecule has 0 aliphatic heterocycles. The van der Waals surface area contributed by atoms with E-state index in [1.807, 2.05) is 54.6 Å². The highest BCUT2D eigenvalue weighted by molar-refractivity contribution is 7.22. The summed E-state index contributed by atoms with van der Waals surface area (Å²) >= 11 is 1.39. The monoisotopic (exact) mass is 457 g/mol. The van der Waals surface area contributed by atoms with Crippen molar-refractivity contribution in [2.45, 2.75) is 19.8 Å². The van der Waals surface area contributed by atoms with Crippen molar-refractivity contribution in [1.29, 1.82) is 0 Å². The molecule has 0 bridgehead atoms. The first-order chi connectivity index (χ1) is 16.1. The van der Waals surface area contributed by atoms with Gasteiger partial charge in [-0.2, -0.15) is 0 Å². The fraction of sp³-hybridized carbons (Fsp3) is 0.115. The van der Waals surface area contributed by atoms with Crippen LogP contribution in [0.5, 0.6) is 0 Å². The molecule has 0 atom stereocenters. The summed E-state index contributed by atoms with van der Waals surface area (Å²) in [6.07, 6.45) is 2.12. The Morgan fingerprint density at radius 1 is 1.06 bits per heavy atom. The Kier molecular flexibility index (Phi) is 5.71. The largest absolute Gasteiger partial charge is 0.441 e. The van der Waals surface area contributed by atoms with Crippen LogP contribution < -0.4 is 4.90 Å². The maximum absolute atomic E-state index is 14.4. The Labute approximate surface area is 194 Å². The summed E-state index contributed by atoms with van der Waals surface area (Å²) in [5.41, 5.74) is 2.68. The van der Waals surface area contributed by atoms with Gasteiger partial charge in [0.05, 0.1) is 22.1 Å². The van der Waals surface area contributed by atoms with E-state index in [0.717, 1.165) is 15.8 Å². The van der Waals surface area contributed by atoms with Crippen molar-refractivity contribution >= 4 is 38.3 Å². The predicted molar refractivity (Wildman–Crippen MR) is 128 cm³/mol. The molecule has 1 amide bonds. The number of hydrogen-bond acceptors (Lipinski definition) is 5. The van der Waals surface area contributed by atoms with Crippen LogP contribution >= 0.6 is 11.3 Å². The van der Waals surface area contributed by atoms with Crippen molar-refractivity contribution in [3.8, 4) is 11.3 Å². The smallest absolute Gasteiger partial charge is 0.233 e. The fourth-order valence-electron chi connectivity index (χ4n) is 3.53. The number of thiazole rings is 1. The van der Waals surface area contributed by atoms with Crippen LogP contribution in [-0.4, -0.2) is 15.9 Å². The third-order valence-electron chi connectivity index (χ3n) is 5.30. The average Bonchev–Trinajstić information content (AvgIpc) is 3.48. The highest BCUT2D eigenvalue weighted by Crippen LogP contribution is 2.34. The lowest BCUT2D eigenvalue weighted by molar-refractivity contribution is -0.117. The van der Waals surface area contributed by atoms with Crippen molar-refractivity contribution < 1.29 is 13.6 Å². The first kappa shape index (κ1) is 21.0. The van der Waals surface area contributed by atoms with Gasteiger partial charge in [-0.1, -0.05) is 59.9 Å². The molecule has 0 spiro atoms. The van der Waals surface area contributed by atoms with E-state index in [1.54, 1.807) is 25.3 Å². The normalized spacial score (nSPS) is 11.1. The number of oxazole rings is 1. The Morgan fingerprint density at radius 2 is 1.85 bits per heavy atom. The zero-order chi connectivity index (χ0) is 22.8. The summed E-state index contributed by atoms with van der Waals surface area (Å²) in [6.45, 7) is 1.69. The number of benzene rings is 3. The van der Waals surface area contributed by atoms with Crippen LogP contribution in [0.1, 0.15) is 17.9 Å². The molecule has 0 aliphatic rings. The lowest BCUT2D eigenvalue weighted by Gasteiger charge is -2.20. The van der Waals surface area contributed by atoms with Crippen LogP contribution in [0.25, 0.3) is 21.5 Å². The molecular weight excluding hydrogens is 437 g/mol. The molecule has 0 aliphatic carbocycles. The van der Waals surface area contributed by atoms with Gasteiger partial charge >= 0.3 is 0 Å². The topological polar surface area (TPSA) is 59.2 Å². The van der Waals surface area contributed by atoms with Crippen molar-refractivity contribution in [3.63, 3.8) is 0 Å². The fourth-order valence-corrected chi connectivity index (χ4v) is 4.53. The van der Waals surface area contributed by atoms with Gasteiger partial charge in [0.15, 0.2) is 16.8 Å². The molecule has 0 fully saturated rings. The number of rotatable bonds is 6. The minimum Gasteiger partial charge on any atom is -0.441 e. The third kappa shape index (κ3) is 4.40. The van der Waals surface area contributed by atoms with E-state index in [9.17, 15) is 9.18 Å². The summed E-state index contributed by atoms with van der Waals surface area (Å²) in [7, 11) is 0. The third-order valence-corrected chi connectivity index (χ3v) is 6.32. The van der Waals surface area contributed by atoms with E-state index < -0.39 is 0 Å². The number of anilines is 2. The van der Waals surface area contributed by atoms with Crippen molar-refractivity contribution in [1.82, 2.24) is 9.97 Å². The summed E-state index contributed by atoms with van der Waals surface area (Å²) in [4.78, 5) is 23.8. The molecule has 164 valence electrons. The number of nitrogens with zero attached hydrogens (tertiary/aromatic N) is 3. The van der Waals surface area contributed by atoms with Crippen LogP contribution in [0.15, 0.2) is 83.4 Å². The molecule has 0 saturated carbocycles. The molecule has 0 N–H and O–H groups in total. The zero-order valence-corrected chi connectivity index (χ0v) is 18.7. The highest BCUT2D eigenvalue weighted by Gasteiger charge is 2.23. The second-order valence-corrected chi connectivity index (χ2v) is 8.62. The van der Waals surface area contributed by atoms with E-state index in [2.05, 4.69) is 9.97 Å². The van der Waals surface area contributed by atoms with Gasteiger partial charge in [-0.3, -0.25) is 9.69 Å². The molecule has 0 radical (unpaired) electrons. The van der Waals surface area contributed by atoms with Crippen LogP contribution in [-0.2, 0) is 11.2 Å². The van der Waals surface area contributed by atoms with Gasteiger partial charge in [-0.25, -0.2) is 14.4 Å². The first-order valence-electron chi connectivity index (χ1n) is 10.5. The van der Waals surface area contributed by atoms with Gasteiger partial charge in [0.1, 0.15) is 5.82 Å². The van der Waals surface area contributed by atoms with Gasteiger partial charge in [0, 0.05) is 18.4 Å². The number of carbonyl (C=O) groups excluding carboxylic acids is 1. The molecule has 5 nitrogen and oxygen atoms in total. The number of hydrogen-bond donors (Lipinski definition) is 0. The second kappa shape index (κ2) is 8.96. The van der Waals surface area contributed by atoms with Gasteiger partial charge in [-0.05, 0) is 36.8 Å². The van der Waals surface area contributed by atoms with Gasteiger partial charge in [0.25, 0.3) is 0 Å². The molecule has 33 heavy (non-hydrogen) atoms. The van der Waals surface area contributed by atoms with Gasteiger partial charge in [0.2, 0.25) is 5.91 Å². The summed E-state index contributed by atoms with van der Waals surface area (Å²) < 4.78 is 21.2. The Balaban J connectivity index is 1.42. The molecule has 5 aromatic rings. The van der Waals surface area contributed by atoms with Crippen LogP contribution in [0.3, 0.4) is 0 Å². The van der Waals surface area contributed by atoms with Gasteiger partial charge in [-0.15, -0.1) is 0 Å². The number of aryl methyl sites for hydroxylation is 2. The minimum atomic E-state index is -0.369. The molecule has 5 rings (SSSR count). The number of aromatic nitrogens is 2. The summed E-state index contributed by atoms with van der Waals surface area (Å²) in [5, 5.41) is 0.502. The van der Waals surface area contributed by atoms with Crippen LogP contribution in [0, 0.1) is 12.7 Å². The van der Waals surface area contributed by atoms with Crippen molar-refractivity contribution in [3.05, 3.63) is 96.3 Å². The number of para-hydroxylation sites is 1. The Bertz CT molecular complexity index is 1400. The highest BCUT2D eigenvalue weighted by atomic mass is 32.1. The molecule has 2 heterocycles. The lowest BCUT2D eigenvalue weighted by atomic mass is 10.2. The first-order valence-corrected chi connectivity index (χ1v) is 11.3. The number of carbonyl (C=O) groups is 1. The number of halogens is 1. The minimum absolute atomic E-state index is 0.139. The predicted octanol–water partition coefficient (Wildman–Crippen LogP) is 6.70. The summed E-state index contributed by atoms with van der Waals surface area (Å²) in [5.74, 6) is 0.548. The second-order valence-electron chi connectivity index (χ2n) is 7.61. The van der Waals surface area contributed by atoms with Crippen LogP contribution in [0.2, 0.25) is 0 Å². The molecule has 2 aromatic heterocycles. The molecule has 0 saturated heterocycles. The quantitative estimate of drug-likeness (QED) is 0.285. The Morgan fingerprint density at radius 3 is 2.64 bits per heavy atom. The maximum Gasteiger partial charge on any atom is 0.233 e. The maximum atomic E-state index is 14.4. The SMILES string of the molecule is Cc1ccc(N(C(=O)CCc2ncc(-c3ccccc3)o2)c2nc3ccccc3s2)cc1F. The number of amides is 1. The number of fused-ring (bicyclic) bond motifs is 1. The van der Waals surface area contributed by atoms with E-state index in [4.69, 9.17) is 4.42 Å². The standard InChI is InChI=1S/C26H20FN3O2S/c1-17-11-12-19(15-20(17)27)30(26-29-21-9-5-6-10-23(21)33-26)25(31)14-13-24-28-16-22(32-24)18-7-3-2-4-8-18/h2-12,15-16H,13-14H2,1H3. The zero-order valence-electron chi connectivity index (χ0n) is 17.9. The lowest BCUT2D eigenvalue weighted by Crippen LogP contribution is -2.26. The van der Waals surface area contributed by atoms with E-state index >= 15 is 0 Å². The Hall–Kier alpha value is -3.84. The molecule has 7 heteroatoms. The van der Waals surface area contributed by atoms with Crippen molar-refractivity contribution in [2.24, 2.45) is 0 Å². The van der Waals surface area contributed by atoms with E-state index in [-0.39, 0.29) is 18.1 Å². The summed E-state index contributed by atoms with van der Waals surface area (Å²) in [6, 6.07) is 22.1. The molecular formula is C26H20FN3O2S.